The van der Waals surface area contributed by atoms with Gasteiger partial charge in [0.05, 0.1) is 17.3 Å². The van der Waals surface area contributed by atoms with Gasteiger partial charge in [0.2, 0.25) is 5.16 Å². The Morgan fingerprint density at radius 3 is 3.00 bits per heavy atom. The largest absolute Gasteiger partial charge is 0.467 e. The molecule has 128 valence electrons. The van der Waals surface area contributed by atoms with Crippen molar-refractivity contribution in [2.75, 3.05) is 5.75 Å². The van der Waals surface area contributed by atoms with Crippen LogP contribution in [0.2, 0.25) is 0 Å². The number of aromatic amines is 1. The summed E-state index contributed by atoms with van der Waals surface area (Å²) in [7, 11) is 0. The molecule has 1 aromatic carbocycles. The van der Waals surface area contributed by atoms with Crippen molar-refractivity contribution in [3.63, 3.8) is 0 Å². The molecule has 0 fully saturated rings. The SMILES string of the molecule is O=c1[nH]c2ccccc2n1CCCSc1nnnn1Cc1ccco1. The molecule has 0 aliphatic rings. The Bertz CT molecular complexity index is 1020. The second kappa shape index (κ2) is 6.98. The number of H-pyrrole nitrogens is 1. The van der Waals surface area contributed by atoms with Gasteiger partial charge >= 0.3 is 5.69 Å². The number of benzene rings is 1. The van der Waals surface area contributed by atoms with Gasteiger partial charge in [-0.05, 0) is 41.1 Å². The minimum Gasteiger partial charge on any atom is -0.467 e. The second-order valence-corrected chi connectivity index (χ2v) is 6.56. The number of fused-ring (bicyclic) bond motifs is 1. The number of aromatic nitrogens is 6. The van der Waals surface area contributed by atoms with Crippen LogP contribution in [0.15, 0.2) is 57.0 Å². The number of nitrogens with one attached hydrogen (secondary N) is 1. The van der Waals surface area contributed by atoms with Crippen molar-refractivity contribution in [2.45, 2.75) is 24.7 Å². The first kappa shape index (κ1) is 15.7. The van der Waals surface area contributed by atoms with Gasteiger partial charge in [-0.1, -0.05) is 23.9 Å². The Kier molecular flexibility index (Phi) is 4.38. The number of imidazole rings is 1. The molecule has 3 aromatic heterocycles. The highest BCUT2D eigenvalue weighted by Crippen LogP contribution is 2.17. The Morgan fingerprint density at radius 2 is 2.12 bits per heavy atom. The molecule has 0 amide bonds. The maximum absolute atomic E-state index is 12.0. The monoisotopic (exact) mass is 356 g/mol. The summed E-state index contributed by atoms with van der Waals surface area (Å²) >= 11 is 1.57. The lowest BCUT2D eigenvalue weighted by atomic mass is 10.3. The second-order valence-electron chi connectivity index (χ2n) is 5.50. The summed E-state index contributed by atoms with van der Waals surface area (Å²) in [6.45, 7) is 1.15. The summed E-state index contributed by atoms with van der Waals surface area (Å²) in [4.78, 5) is 14.9. The third-order valence-corrected chi connectivity index (χ3v) is 4.87. The standard InChI is InChI=1S/C16H16N6O2S/c23-15-17-13-6-1-2-7-14(13)21(15)8-4-10-25-16-18-19-20-22(16)11-12-5-3-9-24-12/h1-3,5-7,9H,4,8,10-11H2,(H,17,23). The van der Waals surface area contributed by atoms with E-state index >= 15 is 0 Å². The first-order valence-electron chi connectivity index (χ1n) is 7.90. The van der Waals surface area contributed by atoms with Gasteiger partial charge in [-0.3, -0.25) is 4.57 Å². The quantitative estimate of drug-likeness (QED) is 0.403. The fraction of sp³-hybridized carbons (Fsp3) is 0.250. The molecule has 0 atom stereocenters. The normalized spacial score (nSPS) is 11.4. The van der Waals surface area contributed by atoms with Gasteiger partial charge in [-0.2, -0.15) is 0 Å². The van der Waals surface area contributed by atoms with E-state index in [2.05, 4.69) is 20.5 Å². The molecule has 0 aliphatic carbocycles. The lowest BCUT2D eigenvalue weighted by molar-refractivity contribution is 0.462. The Hall–Kier alpha value is -2.81. The zero-order valence-corrected chi connectivity index (χ0v) is 14.1. The van der Waals surface area contributed by atoms with Crippen molar-refractivity contribution in [2.24, 2.45) is 0 Å². The fourth-order valence-corrected chi connectivity index (χ4v) is 3.46. The number of tetrazole rings is 1. The van der Waals surface area contributed by atoms with Crippen molar-refractivity contribution in [3.05, 3.63) is 58.9 Å². The van der Waals surface area contributed by atoms with Gasteiger partial charge in [-0.25, -0.2) is 9.48 Å². The van der Waals surface area contributed by atoms with E-state index in [4.69, 9.17) is 4.42 Å². The molecular weight excluding hydrogens is 340 g/mol. The molecule has 0 saturated heterocycles. The zero-order valence-electron chi connectivity index (χ0n) is 13.3. The number of furan rings is 1. The summed E-state index contributed by atoms with van der Waals surface area (Å²) in [5.74, 6) is 1.62. The van der Waals surface area contributed by atoms with Gasteiger partial charge in [0.25, 0.3) is 0 Å². The molecule has 3 heterocycles. The molecule has 9 heteroatoms. The Morgan fingerprint density at radius 1 is 1.20 bits per heavy atom. The highest BCUT2D eigenvalue weighted by atomic mass is 32.2. The molecule has 1 N–H and O–H groups in total. The van der Waals surface area contributed by atoms with Gasteiger partial charge in [0.1, 0.15) is 12.3 Å². The van der Waals surface area contributed by atoms with Crippen LogP contribution in [-0.2, 0) is 13.1 Å². The third-order valence-electron chi connectivity index (χ3n) is 3.82. The number of hydrogen-bond acceptors (Lipinski definition) is 6. The summed E-state index contributed by atoms with van der Waals surface area (Å²) in [5, 5.41) is 12.5. The van der Waals surface area contributed by atoms with Crippen LogP contribution in [-0.4, -0.2) is 35.5 Å². The lowest BCUT2D eigenvalue weighted by Gasteiger charge is -2.04. The first-order valence-corrected chi connectivity index (χ1v) is 8.89. The summed E-state index contributed by atoms with van der Waals surface area (Å²) < 4.78 is 8.80. The molecule has 0 unspecified atom stereocenters. The minimum absolute atomic E-state index is 0.0751. The summed E-state index contributed by atoms with van der Waals surface area (Å²) in [6.07, 6.45) is 2.46. The fourth-order valence-electron chi connectivity index (χ4n) is 2.66. The average Bonchev–Trinajstić information content (AvgIpc) is 3.34. The zero-order chi connectivity index (χ0) is 17.1. The van der Waals surface area contributed by atoms with Gasteiger partial charge in [0, 0.05) is 12.3 Å². The Balaban J connectivity index is 1.36. The molecule has 0 bridgehead atoms. The smallest absolute Gasteiger partial charge is 0.326 e. The molecule has 0 radical (unpaired) electrons. The highest BCUT2D eigenvalue weighted by Gasteiger charge is 2.10. The number of aryl methyl sites for hydroxylation is 1. The van der Waals surface area contributed by atoms with Crippen LogP contribution in [0.3, 0.4) is 0 Å². The Labute approximate surface area is 146 Å². The van der Waals surface area contributed by atoms with Gasteiger partial charge in [0.15, 0.2) is 0 Å². The molecule has 0 saturated carbocycles. The number of rotatable bonds is 7. The van der Waals surface area contributed by atoms with Crippen molar-refractivity contribution in [1.82, 2.24) is 29.8 Å². The number of para-hydroxylation sites is 2. The molecule has 8 nitrogen and oxygen atoms in total. The predicted molar refractivity (Wildman–Crippen MR) is 93.5 cm³/mol. The van der Waals surface area contributed by atoms with E-state index in [0.717, 1.165) is 34.1 Å². The molecule has 0 aliphatic heterocycles. The van der Waals surface area contributed by atoms with Crippen molar-refractivity contribution in [1.29, 1.82) is 0 Å². The van der Waals surface area contributed by atoms with E-state index in [-0.39, 0.29) is 5.69 Å². The third kappa shape index (κ3) is 3.36. The van der Waals surface area contributed by atoms with E-state index in [1.807, 2.05) is 36.4 Å². The van der Waals surface area contributed by atoms with E-state index in [1.54, 1.807) is 27.3 Å². The minimum atomic E-state index is -0.0751. The van der Waals surface area contributed by atoms with Gasteiger partial charge in [-0.15, -0.1) is 5.10 Å². The van der Waals surface area contributed by atoms with E-state index in [0.29, 0.717) is 13.1 Å². The summed E-state index contributed by atoms with van der Waals surface area (Å²) in [5.41, 5.74) is 1.72. The number of nitrogens with zero attached hydrogens (tertiary/aromatic N) is 5. The van der Waals surface area contributed by atoms with Crippen molar-refractivity contribution < 1.29 is 4.42 Å². The summed E-state index contributed by atoms with van der Waals surface area (Å²) in [6, 6.07) is 11.4. The molecule has 4 aromatic rings. The van der Waals surface area contributed by atoms with Crippen LogP contribution in [0.1, 0.15) is 12.2 Å². The topological polar surface area (TPSA) is 94.5 Å². The van der Waals surface area contributed by atoms with Crippen LogP contribution in [0.4, 0.5) is 0 Å². The average molecular weight is 356 g/mol. The molecule has 4 rings (SSSR count). The van der Waals surface area contributed by atoms with Crippen LogP contribution in [0, 0.1) is 0 Å². The van der Waals surface area contributed by atoms with Crippen molar-refractivity contribution >= 4 is 22.8 Å². The number of hydrogen-bond donors (Lipinski definition) is 1. The molecule has 25 heavy (non-hydrogen) atoms. The van der Waals surface area contributed by atoms with Crippen LogP contribution >= 0.6 is 11.8 Å². The van der Waals surface area contributed by atoms with Crippen LogP contribution in [0.25, 0.3) is 11.0 Å². The first-order chi connectivity index (χ1) is 12.3. The van der Waals surface area contributed by atoms with E-state index < -0.39 is 0 Å². The molecular formula is C16H16N6O2S. The van der Waals surface area contributed by atoms with Crippen LogP contribution in [0.5, 0.6) is 0 Å². The van der Waals surface area contributed by atoms with E-state index in [1.165, 1.54) is 0 Å². The maximum Gasteiger partial charge on any atom is 0.326 e. The molecule has 0 spiro atoms. The predicted octanol–water partition coefficient (Wildman–Crippen LogP) is 2.14. The van der Waals surface area contributed by atoms with E-state index in [9.17, 15) is 4.79 Å². The number of thioether (sulfide) groups is 1. The highest BCUT2D eigenvalue weighted by molar-refractivity contribution is 7.99. The maximum atomic E-state index is 12.0. The van der Waals surface area contributed by atoms with Crippen molar-refractivity contribution in [3.8, 4) is 0 Å². The van der Waals surface area contributed by atoms with Gasteiger partial charge < -0.3 is 9.40 Å². The lowest BCUT2D eigenvalue weighted by Crippen LogP contribution is -2.17. The van der Waals surface area contributed by atoms with Crippen LogP contribution < -0.4 is 5.69 Å².